The van der Waals surface area contributed by atoms with E-state index in [1.165, 1.54) is 4.90 Å². The highest BCUT2D eigenvalue weighted by atomic mass is 35.5. The van der Waals surface area contributed by atoms with Gasteiger partial charge in [-0.1, -0.05) is 25.1 Å². The van der Waals surface area contributed by atoms with Gasteiger partial charge in [-0.05, 0) is 38.1 Å². The smallest absolute Gasteiger partial charge is 0.223 e. The summed E-state index contributed by atoms with van der Waals surface area (Å²) in [5, 5.41) is 6.53. The van der Waals surface area contributed by atoms with Crippen LogP contribution in [0.3, 0.4) is 0 Å². The van der Waals surface area contributed by atoms with Crippen LogP contribution in [0, 0.1) is 11.3 Å². The number of benzene rings is 1. The highest BCUT2D eigenvalue weighted by molar-refractivity contribution is 7.99. The number of hydrogen-bond acceptors (Lipinski definition) is 4. The molecule has 1 aromatic carbocycles. The molecule has 2 rings (SSSR count). The van der Waals surface area contributed by atoms with E-state index in [1.54, 1.807) is 18.9 Å². The minimum absolute atomic E-state index is 0. The van der Waals surface area contributed by atoms with E-state index >= 15 is 0 Å². The molecule has 0 spiro atoms. The van der Waals surface area contributed by atoms with Gasteiger partial charge in [0.15, 0.2) is 0 Å². The molecule has 2 N–H and O–H groups in total. The van der Waals surface area contributed by atoms with Crippen molar-refractivity contribution in [1.29, 1.82) is 0 Å². The van der Waals surface area contributed by atoms with Crippen molar-refractivity contribution in [1.82, 2.24) is 10.6 Å². The van der Waals surface area contributed by atoms with Gasteiger partial charge in [-0.15, -0.1) is 24.2 Å². The fourth-order valence-electron chi connectivity index (χ4n) is 2.90. The first-order valence-corrected chi connectivity index (χ1v) is 9.29. The quantitative estimate of drug-likeness (QED) is 0.689. The van der Waals surface area contributed by atoms with Crippen LogP contribution >= 0.6 is 24.2 Å². The number of hydrogen-bond donors (Lipinski definition) is 2. The lowest BCUT2D eigenvalue weighted by Gasteiger charge is -2.37. The van der Waals surface area contributed by atoms with Gasteiger partial charge in [0.1, 0.15) is 0 Å². The normalized spacial score (nSPS) is 17.6. The highest BCUT2D eigenvalue weighted by Gasteiger charge is 2.32. The number of amides is 1. The van der Waals surface area contributed by atoms with Gasteiger partial charge < -0.3 is 15.4 Å². The number of rotatable bonds is 8. The summed E-state index contributed by atoms with van der Waals surface area (Å²) in [4.78, 5) is 13.6. The number of piperidine rings is 1. The zero-order valence-corrected chi connectivity index (χ0v) is 16.2. The van der Waals surface area contributed by atoms with Crippen molar-refractivity contribution in [2.24, 2.45) is 11.3 Å². The Hall–Kier alpha value is -0.750. The van der Waals surface area contributed by atoms with Gasteiger partial charge in [0.2, 0.25) is 5.91 Å². The topological polar surface area (TPSA) is 50.4 Å². The average Bonchev–Trinajstić information content (AvgIpc) is 2.59. The van der Waals surface area contributed by atoms with E-state index < -0.39 is 0 Å². The molecule has 0 radical (unpaired) electrons. The number of ether oxygens (including phenoxy) is 1. The Kier molecular flexibility index (Phi) is 9.74. The monoisotopic (exact) mass is 372 g/mol. The zero-order valence-electron chi connectivity index (χ0n) is 14.5. The Morgan fingerprint density at radius 2 is 2.00 bits per heavy atom. The summed E-state index contributed by atoms with van der Waals surface area (Å²) in [7, 11) is 1.74. The Morgan fingerprint density at radius 1 is 1.33 bits per heavy atom. The lowest BCUT2D eigenvalue weighted by atomic mass is 9.79. The number of halogens is 1. The molecule has 136 valence electrons. The fraction of sp³-hybridized carbons (Fsp3) is 0.611. The molecule has 1 saturated heterocycles. The van der Waals surface area contributed by atoms with Crippen molar-refractivity contribution < 1.29 is 9.53 Å². The molecule has 4 nitrogen and oxygen atoms in total. The Labute approximate surface area is 155 Å². The standard InChI is InChI=1S/C18H28N2O2S.ClH/c1-15(12-23-16-6-4-3-5-7-16)17(21)20-13-18(14-22-2)8-10-19-11-9-18;/h3-7,15,19H,8-14H2,1-2H3,(H,20,21);1H. The van der Waals surface area contributed by atoms with Gasteiger partial charge >= 0.3 is 0 Å². The Bertz CT molecular complexity index is 476. The van der Waals surface area contributed by atoms with E-state index in [2.05, 4.69) is 22.8 Å². The molecule has 6 heteroatoms. The maximum atomic E-state index is 12.4. The number of carbonyl (C=O) groups is 1. The van der Waals surface area contributed by atoms with E-state index in [1.807, 2.05) is 25.1 Å². The van der Waals surface area contributed by atoms with Crippen molar-refractivity contribution in [3.63, 3.8) is 0 Å². The number of methoxy groups -OCH3 is 1. The minimum atomic E-state index is 0. The van der Waals surface area contributed by atoms with Crippen LogP contribution in [0.25, 0.3) is 0 Å². The molecule has 0 bridgehead atoms. The molecular weight excluding hydrogens is 344 g/mol. The first-order valence-electron chi connectivity index (χ1n) is 8.30. The summed E-state index contributed by atoms with van der Waals surface area (Å²) >= 11 is 1.73. The van der Waals surface area contributed by atoms with E-state index in [0.717, 1.165) is 31.7 Å². The molecule has 1 unspecified atom stereocenters. The number of thioether (sulfide) groups is 1. The first-order chi connectivity index (χ1) is 11.2. The van der Waals surface area contributed by atoms with Crippen molar-refractivity contribution >= 4 is 30.1 Å². The molecule has 1 amide bonds. The SMILES string of the molecule is COCC1(CNC(=O)C(C)CSc2ccccc2)CCNCC1.Cl. The predicted molar refractivity (Wildman–Crippen MR) is 103 cm³/mol. The van der Waals surface area contributed by atoms with Crippen molar-refractivity contribution in [2.45, 2.75) is 24.7 Å². The van der Waals surface area contributed by atoms with E-state index in [9.17, 15) is 4.79 Å². The average molecular weight is 373 g/mol. The summed E-state index contributed by atoms with van der Waals surface area (Å²) < 4.78 is 5.40. The predicted octanol–water partition coefficient (Wildman–Crippen LogP) is 2.97. The number of carbonyl (C=O) groups excluding carboxylic acids is 1. The Balaban J connectivity index is 0.00000288. The van der Waals surface area contributed by atoms with Gasteiger partial charge in [0, 0.05) is 35.6 Å². The van der Waals surface area contributed by atoms with Crippen LogP contribution in [0.2, 0.25) is 0 Å². The third-order valence-electron chi connectivity index (χ3n) is 4.44. The van der Waals surface area contributed by atoms with Crippen LogP contribution in [0.1, 0.15) is 19.8 Å². The lowest BCUT2D eigenvalue weighted by Crippen LogP contribution is -2.48. The van der Waals surface area contributed by atoms with Crippen LogP contribution in [-0.4, -0.2) is 45.0 Å². The van der Waals surface area contributed by atoms with Gasteiger partial charge in [0.25, 0.3) is 0 Å². The molecule has 1 aliphatic rings. The molecule has 1 aromatic rings. The van der Waals surface area contributed by atoms with Gasteiger partial charge in [-0.25, -0.2) is 0 Å². The molecule has 1 heterocycles. The number of nitrogens with one attached hydrogen (secondary N) is 2. The summed E-state index contributed by atoms with van der Waals surface area (Å²) in [6.07, 6.45) is 2.10. The van der Waals surface area contributed by atoms with Crippen LogP contribution < -0.4 is 10.6 Å². The van der Waals surface area contributed by atoms with Gasteiger partial charge in [-0.2, -0.15) is 0 Å². The Morgan fingerprint density at radius 3 is 2.62 bits per heavy atom. The van der Waals surface area contributed by atoms with Crippen molar-refractivity contribution in [2.75, 3.05) is 39.1 Å². The van der Waals surface area contributed by atoms with Crippen molar-refractivity contribution in [3.05, 3.63) is 30.3 Å². The summed E-state index contributed by atoms with van der Waals surface area (Å²) in [6.45, 7) is 5.41. The molecular formula is C18H29ClN2O2S. The maximum absolute atomic E-state index is 12.4. The van der Waals surface area contributed by atoms with Crippen LogP contribution in [0.4, 0.5) is 0 Å². The van der Waals surface area contributed by atoms with Crippen LogP contribution in [0.5, 0.6) is 0 Å². The highest BCUT2D eigenvalue weighted by Crippen LogP contribution is 2.28. The third-order valence-corrected chi connectivity index (χ3v) is 5.72. The van der Waals surface area contributed by atoms with E-state index in [-0.39, 0.29) is 29.6 Å². The van der Waals surface area contributed by atoms with Crippen molar-refractivity contribution in [3.8, 4) is 0 Å². The first kappa shape index (κ1) is 21.3. The van der Waals surface area contributed by atoms with E-state index in [0.29, 0.717) is 13.2 Å². The largest absolute Gasteiger partial charge is 0.384 e. The molecule has 24 heavy (non-hydrogen) atoms. The fourth-order valence-corrected chi connectivity index (χ4v) is 3.84. The molecule has 1 fully saturated rings. The molecule has 0 aliphatic carbocycles. The third kappa shape index (κ3) is 6.63. The molecule has 0 saturated carbocycles. The molecule has 1 aliphatic heterocycles. The maximum Gasteiger partial charge on any atom is 0.223 e. The zero-order chi connectivity index (χ0) is 16.5. The summed E-state index contributed by atoms with van der Waals surface area (Å²) in [6, 6.07) is 10.2. The second-order valence-electron chi connectivity index (χ2n) is 6.43. The van der Waals surface area contributed by atoms with E-state index in [4.69, 9.17) is 4.74 Å². The summed E-state index contributed by atoms with van der Waals surface area (Å²) in [5.74, 6) is 0.943. The van der Waals surface area contributed by atoms with Crippen LogP contribution in [0.15, 0.2) is 35.2 Å². The molecule has 1 atom stereocenters. The lowest BCUT2D eigenvalue weighted by molar-refractivity contribution is -0.124. The summed E-state index contributed by atoms with van der Waals surface area (Å²) in [5.41, 5.74) is 0.0853. The van der Waals surface area contributed by atoms with Gasteiger partial charge in [0.05, 0.1) is 6.61 Å². The second kappa shape index (κ2) is 11.0. The van der Waals surface area contributed by atoms with Gasteiger partial charge in [-0.3, -0.25) is 4.79 Å². The van der Waals surface area contributed by atoms with Crippen LogP contribution in [-0.2, 0) is 9.53 Å². The minimum Gasteiger partial charge on any atom is -0.384 e. The second-order valence-corrected chi connectivity index (χ2v) is 7.52. The molecule has 0 aromatic heterocycles.